The quantitative estimate of drug-likeness (QED) is 0.489. The number of amidine groups is 1. The van der Waals surface area contributed by atoms with E-state index in [1.165, 1.54) is 30.1 Å². The van der Waals surface area contributed by atoms with Gasteiger partial charge in [0.25, 0.3) is 0 Å². The van der Waals surface area contributed by atoms with Gasteiger partial charge in [0, 0.05) is 19.7 Å². The summed E-state index contributed by atoms with van der Waals surface area (Å²) in [7, 11) is 3.70. The van der Waals surface area contributed by atoms with E-state index in [4.69, 9.17) is 11.6 Å². The van der Waals surface area contributed by atoms with Crippen molar-refractivity contribution in [3.63, 3.8) is 0 Å². The summed E-state index contributed by atoms with van der Waals surface area (Å²) in [6.07, 6.45) is 4.72. The molecule has 0 amide bonds. The Morgan fingerprint density at radius 3 is 2.74 bits per heavy atom. The molecule has 0 aliphatic heterocycles. The van der Waals surface area contributed by atoms with Gasteiger partial charge in [-0.05, 0) is 18.4 Å². The summed E-state index contributed by atoms with van der Waals surface area (Å²) < 4.78 is 13.4. The molecule has 7 heteroatoms. The van der Waals surface area contributed by atoms with Crippen LogP contribution < -0.4 is 0 Å². The third-order valence-corrected chi connectivity index (χ3v) is 2.79. The van der Waals surface area contributed by atoms with E-state index in [0.717, 1.165) is 0 Å². The maximum atomic E-state index is 13.4. The molecule has 0 aliphatic carbocycles. The van der Waals surface area contributed by atoms with Gasteiger partial charge in [0.05, 0.1) is 17.6 Å². The van der Waals surface area contributed by atoms with Gasteiger partial charge in [-0.25, -0.2) is 9.38 Å². The Hall–Kier alpha value is -1.40. The Kier molecular flexibility index (Phi) is 6.52. The molecular formula is C12H14ClFN4S. The Morgan fingerprint density at radius 1 is 1.42 bits per heavy atom. The van der Waals surface area contributed by atoms with Crippen LogP contribution in [-0.4, -0.2) is 43.0 Å². The molecule has 0 heterocycles. The van der Waals surface area contributed by atoms with E-state index in [1.54, 1.807) is 17.3 Å². The standard InChI is InChI=1S/C12H14ClFN4S/c1-18(2)8-15-12(19-3)17-16-7-9-10(13)5-4-6-11(9)14/h4-8H,1-3H3/b15-8?,16-7+,17-12+. The number of benzene rings is 1. The van der Waals surface area contributed by atoms with E-state index in [1.807, 2.05) is 20.4 Å². The highest BCUT2D eigenvalue weighted by Gasteiger charge is 2.03. The minimum absolute atomic E-state index is 0.213. The van der Waals surface area contributed by atoms with Gasteiger partial charge >= 0.3 is 0 Å². The highest BCUT2D eigenvalue weighted by atomic mass is 35.5. The average molecular weight is 301 g/mol. The highest BCUT2D eigenvalue weighted by molar-refractivity contribution is 8.13. The van der Waals surface area contributed by atoms with Gasteiger partial charge < -0.3 is 4.90 Å². The van der Waals surface area contributed by atoms with E-state index in [9.17, 15) is 4.39 Å². The first-order valence-corrected chi connectivity index (χ1v) is 6.94. The Labute approximate surface area is 121 Å². The molecule has 0 fully saturated rings. The van der Waals surface area contributed by atoms with E-state index < -0.39 is 5.82 Å². The predicted octanol–water partition coefficient (Wildman–Crippen LogP) is 3.12. The molecule has 0 N–H and O–H groups in total. The molecule has 0 aliphatic rings. The zero-order valence-electron chi connectivity index (χ0n) is 10.8. The molecule has 0 aromatic heterocycles. The lowest BCUT2D eigenvalue weighted by Crippen LogP contribution is -2.08. The summed E-state index contributed by atoms with van der Waals surface area (Å²) in [5.41, 5.74) is 0.213. The molecule has 1 aromatic rings. The molecule has 0 atom stereocenters. The molecule has 4 nitrogen and oxygen atoms in total. The number of thioether (sulfide) groups is 1. The van der Waals surface area contributed by atoms with Crippen molar-refractivity contribution in [2.75, 3.05) is 20.4 Å². The smallest absolute Gasteiger partial charge is 0.210 e. The summed E-state index contributed by atoms with van der Waals surface area (Å²) >= 11 is 7.20. The van der Waals surface area contributed by atoms with Crippen LogP contribution in [0.15, 0.2) is 33.4 Å². The first-order chi connectivity index (χ1) is 9.04. The number of rotatable bonds is 3. The molecule has 0 radical (unpaired) electrons. The van der Waals surface area contributed by atoms with Crippen LogP contribution in [-0.2, 0) is 0 Å². The first-order valence-electron chi connectivity index (χ1n) is 5.34. The number of hydrogen-bond donors (Lipinski definition) is 0. The Bertz CT molecular complexity index is 494. The lowest BCUT2D eigenvalue weighted by molar-refractivity contribution is 0.626. The summed E-state index contributed by atoms with van der Waals surface area (Å²) in [6, 6.07) is 4.44. The Balaban J connectivity index is 2.86. The lowest BCUT2D eigenvalue weighted by atomic mass is 10.2. The van der Waals surface area contributed by atoms with Gasteiger partial charge in [0.1, 0.15) is 5.82 Å². The zero-order chi connectivity index (χ0) is 14.3. The van der Waals surface area contributed by atoms with Crippen molar-refractivity contribution >= 4 is 41.1 Å². The van der Waals surface area contributed by atoms with Crippen LogP contribution in [0.25, 0.3) is 0 Å². The minimum Gasteiger partial charge on any atom is -0.369 e. The van der Waals surface area contributed by atoms with E-state index >= 15 is 0 Å². The van der Waals surface area contributed by atoms with Crippen LogP contribution in [0.3, 0.4) is 0 Å². The second-order valence-electron chi connectivity index (χ2n) is 3.67. The van der Waals surface area contributed by atoms with E-state index in [0.29, 0.717) is 10.2 Å². The van der Waals surface area contributed by atoms with Gasteiger partial charge in [-0.3, -0.25) is 0 Å². The fraction of sp³-hybridized carbons (Fsp3) is 0.250. The largest absolute Gasteiger partial charge is 0.369 e. The topological polar surface area (TPSA) is 40.3 Å². The van der Waals surface area contributed by atoms with Crippen LogP contribution in [0.5, 0.6) is 0 Å². The molecule has 1 rings (SSSR count). The second kappa shape index (κ2) is 7.91. The van der Waals surface area contributed by atoms with E-state index in [-0.39, 0.29) is 5.56 Å². The van der Waals surface area contributed by atoms with Crippen LogP contribution in [0.2, 0.25) is 5.02 Å². The number of halogens is 2. The number of aliphatic imine (C=N–C) groups is 1. The SMILES string of the molecule is CS/C(N=CN(C)C)=N/N=C/c1c(F)cccc1Cl. The molecule has 19 heavy (non-hydrogen) atoms. The molecule has 1 aromatic carbocycles. The Morgan fingerprint density at radius 2 is 2.16 bits per heavy atom. The molecule has 0 saturated heterocycles. The lowest BCUT2D eigenvalue weighted by Gasteiger charge is -2.01. The van der Waals surface area contributed by atoms with Gasteiger partial charge in [0.15, 0.2) is 0 Å². The van der Waals surface area contributed by atoms with Crippen LogP contribution in [0, 0.1) is 5.82 Å². The zero-order valence-corrected chi connectivity index (χ0v) is 12.4. The van der Waals surface area contributed by atoms with Crippen molar-refractivity contribution < 1.29 is 4.39 Å². The summed E-state index contributed by atoms with van der Waals surface area (Å²) in [5, 5.41) is 8.45. The second-order valence-corrected chi connectivity index (χ2v) is 4.86. The average Bonchev–Trinajstić information content (AvgIpc) is 2.36. The van der Waals surface area contributed by atoms with Gasteiger partial charge in [-0.15, -0.1) is 5.10 Å². The van der Waals surface area contributed by atoms with Gasteiger partial charge in [0.2, 0.25) is 5.17 Å². The molecule has 102 valence electrons. The predicted molar refractivity (Wildman–Crippen MR) is 82.1 cm³/mol. The molecular weight excluding hydrogens is 287 g/mol. The fourth-order valence-corrected chi connectivity index (χ4v) is 1.55. The third kappa shape index (κ3) is 5.40. The maximum absolute atomic E-state index is 13.4. The van der Waals surface area contributed by atoms with Crippen molar-refractivity contribution in [3.8, 4) is 0 Å². The summed E-state index contributed by atoms with van der Waals surface area (Å²) in [4.78, 5) is 5.87. The van der Waals surface area contributed by atoms with Crippen LogP contribution in [0.4, 0.5) is 4.39 Å². The number of hydrogen-bond acceptors (Lipinski definition) is 3. The molecule has 0 bridgehead atoms. The molecule has 0 unspecified atom stereocenters. The summed E-state index contributed by atoms with van der Waals surface area (Å²) in [6.45, 7) is 0. The van der Waals surface area contributed by atoms with Crippen LogP contribution >= 0.6 is 23.4 Å². The third-order valence-electron chi connectivity index (χ3n) is 1.91. The fourth-order valence-electron chi connectivity index (χ4n) is 1.05. The van der Waals surface area contributed by atoms with Crippen molar-refractivity contribution in [1.29, 1.82) is 0 Å². The molecule has 0 spiro atoms. The summed E-state index contributed by atoms with van der Waals surface area (Å²) in [5.74, 6) is -0.436. The van der Waals surface area contributed by atoms with Crippen molar-refractivity contribution in [1.82, 2.24) is 4.90 Å². The number of nitrogens with zero attached hydrogens (tertiary/aromatic N) is 4. The van der Waals surface area contributed by atoms with Crippen molar-refractivity contribution in [3.05, 3.63) is 34.6 Å². The van der Waals surface area contributed by atoms with Crippen molar-refractivity contribution in [2.45, 2.75) is 0 Å². The van der Waals surface area contributed by atoms with Crippen LogP contribution in [0.1, 0.15) is 5.56 Å². The minimum atomic E-state index is -0.436. The maximum Gasteiger partial charge on any atom is 0.210 e. The van der Waals surface area contributed by atoms with Crippen molar-refractivity contribution in [2.24, 2.45) is 15.2 Å². The normalized spacial score (nSPS) is 12.6. The monoisotopic (exact) mass is 300 g/mol. The highest BCUT2D eigenvalue weighted by Crippen LogP contribution is 2.16. The van der Waals surface area contributed by atoms with Gasteiger partial charge in [-0.2, -0.15) is 5.10 Å². The first kappa shape index (κ1) is 15.7. The van der Waals surface area contributed by atoms with Gasteiger partial charge in [-0.1, -0.05) is 29.4 Å². The van der Waals surface area contributed by atoms with E-state index in [2.05, 4.69) is 15.2 Å². The molecule has 0 saturated carbocycles.